The Morgan fingerprint density at radius 3 is 2.57 bits per heavy atom. The van der Waals surface area contributed by atoms with Crippen molar-refractivity contribution in [3.8, 4) is 0 Å². The predicted molar refractivity (Wildman–Crippen MR) is 135 cm³/mol. The van der Waals surface area contributed by atoms with Crippen molar-refractivity contribution in [2.75, 3.05) is 46.6 Å². The number of carbonyl (C=O) groups excluding carboxylic acids is 1. The van der Waals surface area contributed by atoms with E-state index in [0.717, 1.165) is 30.8 Å². The van der Waals surface area contributed by atoms with Crippen molar-refractivity contribution in [3.05, 3.63) is 80.6 Å². The third-order valence-electron chi connectivity index (χ3n) is 5.93. The molecule has 0 radical (unpaired) electrons. The molecule has 2 aromatic carbocycles. The monoisotopic (exact) mass is 499 g/mol. The van der Waals surface area contributed by atoms with Crippen LogP contribution in [0, 0.1) is 0 Å². The molecular formula is C26H30ClN3O5. The minimum atomic E-state index is -0.434. The number of hydrogen-bond donors (Lipinski definition) is 1. The number of amides is 1. The highest BCUT2D eigenvalue weighted by Gasteiger charge is 2.17. The molecule has 8 nitrogen and oxygen atoms in total. The van der Waals surface area contributed by atoms with Crippen LogP contribution in [-0.4, -0.2) is 62.0 Å². The van der Waals surface area contributed by atoms with E-state index < -0.39 is 5.91 Å². The van der Waals surface area contributed by atoms with E-state index in [9.17, 15) is 9.59 Å². The molecule has 0 unspecified atom stereocenters. The molecule has 0 spiro atoms. The summed E-state index contributed by atoms with van der Waals surface area (Å²) in [6, 6.07) is 13.0. The Hall–Kier alpha value is -2.75. The number of pyridine rings is 1. The van der Waals surface area contributed by atoms with Crippen molar-refractivity contribution in [2.45, 2.75) is 19.8 Å². The number of halogens is 1. The highest BCUT2D eigenvalue weighted by atomic mass is 35.5. The molecule has 0 aliphatic carbocycles. The smallest absolute Gasteiger partial charge is 0.257 e. The van der Waals surface area contributed by atoms with Crippen LogP contribution in [-0.2, 0) is 34.0 Å². The molecule has 35 heavy (non-hydrogen) atoms. The zero-order valence-electron chi connectivity index (χ0n) is 19.8. The van der Waals surface area contributed by atoms with E-state index >= 15 is 0 Å². The Bertz CT molecular complexity index is 1210. The van der Waals surface area contributed by atoms with Crippen LogP contribution >= 0.6 is 11.6 Å². The molecule has 1 aliphatic heterocycles. The SMILES string of the molecule is COCCOCn1cc(C(=O)NCc2ccc(Cl)cc2)c(=O)c2cc(CN3CCOCC3)ccc21. The zero-order valence-corrected chi connectivity index (χ0v) is 20.6. The third kappa shape index (κ3) is 6.68. The maximum atomic E-state index is 13.4. The Balaban J connectivity index is 1.61. The first-order chi connectivity index (χ1) is 17.0. The van der Waals surface area contributed by atoms with E-state index in [1.165, 1.54) is 0 Å². The summed E-state index contributed by atoms with van der Waals surface area (Å²) in [6.45, 7) is 5.17. The van der Waals surface area contributed by atoms with E-state index in [-0.39, 0.29) is 24.3 Å². The molecule has 0 bridgehead atoms. The van der Waals surface area contributed by atoms with E-state index in [2.05, 4.69) is 10.2 Å². The highest BCUT2D eigenvalue weighted by Crippen LogP contribution is 2.17. The van der Waals surface area contributed by atoms with Crippen LogP contribution < -0.4 is 10.7 Å². The molecule has 9 heteroatoms. The number of aromatic nitrogens is 1. The maximum Gasteiger partial charge on any atom is 0.257 e. The van der Waals surface area contributed by atoms with Gasteiger partial charge in [0.25, 0.3) is 5.91 Å². The second kappa shape index (κ2) is 12.3. The van der Waals surface area contributed by atoms with Crippen molar-refractivity contribution in [3.63, 3.8) is 0 Å². The standard InChI is InChI=1S/C26H30ClN3O5/c1-33-12-13-35-18-30-17-23(26(32)28-15-19-2-5-21(27)6-3-19)25(31)22-14-20(4-7-24(22)30)16-29-8-10-34-11-9-29/h2-7,14,17H,8-13,15-16,18H2,1H3,(H,28,32). The summed E-state index contributed by atoms with van der Waals surface area (Å²) in [7, 11) is 1.61. The second-order valence-corrected chi connectivity index (χ2v) is 8.86. The van der Waals surface area contributed by atoms with Gasteiger partial charge in [-0.25, -0.2) is 0 Å². The maximum absolute atomic E-state index is 13.4. The van der Waals surface area contributed by atoms with E-state index in [0.29, 0.717) is 42.4 Å². The fourth-order valence-corrected chi connectivity index (χ4v) is 4.14. The Kier molecular flexibility index (Phi) is 8.90. The van der Waals surface area contributed by atoms with Gasteiger partial charge in [0.15, 0.2) is 0 Å². The number of rotatable bonds is 10. The van der Waals surface area contributed by atoms with Gasteiger partial charge < -0.3 is 24.1 Å². The Morgan fingerprint density at radius 1 is 1.09 bits per heavy atom. The quantitative estimate of drug-likeness (QED) is 0.432. The van der Waals surface area contributed by atoms with E-state index in [1.54, 1.807) is 30.0 Å². The number of nitrogens with zero attached hydrogens (tertiary/aromatic N) is 2. The van der Waals surface area contributed by atoms with Gasteiger partial charge in [0, 0.05) is 49.9 Å². The summed E-state index contributed by atoms with van der Waals surface area (Å²) in [6.07, 6.45) is 1.57. The molecule has 4 rings (SSSR count). The van der Waals surface area contributed by atoms with Crippen molar-refractivity contribution in [2.24, 2.45) is 0 Å². The molecule has 0 atom stereocenters. The summed E-state index contributed by atoms with van der Waals surface area (Å²) >= 11 is 5.94. The number of carbonyl (C=O) groups is 1. The summed E-state index contributed by atoms with van der Waals surface area (Å²) in [5.74, 6) is -0.434. The number of benzene rings is 2. The largest absolute Gasteiger partial charge is 0.382 e. The number of nitrogens with one attached hydrogen (secondary N) is 1. The predicted octanol–water partition coefficient (Wildman–Crippen LogP) is 3.04. The normalized spacial score (nSPS) is 14.3. The molecular weight excluding hydrogens is 470 g/mol. The van der Waals surface area contributed by atoms with Crippen LogP contribution in [0.5, 0.6) is 0 Å². The van der Waals surface area contributed by atoms with Gasteiger partial charge in [-0.05, 0) is 35.4 Å². The van der Waals surface area contributed by atoms with Crippen molar-refractivity contribution >= 4 is 28.4 Å². The van der Waals surface area contributed by atoms with E-state index in [4.69, 9.17) is 25.8 Å². The molecule has 0 saturated carbocycles. The number of methoxy groups -OCH3 is 1. The van der Waals surface area contributed by atoms with Gasteiger partial charge in [0.05, 0.1) is 31.9 Å². The molecule has 1 fully saturated rings. The van der Waals surface area contributed by atoms with Crippen LogP contribution in [0.2, 0.25) is 5.02 Å². The molecule has 3 aromatic rings. The molecule has 2 heterocycles. The molecule has 1 N–H and O–H groups in total. The van der Waals surface area contributed by atoms with Gasteiger partial charge in [0.1, 0.15) is 12.3 Å². The first kappa shape index (κ1) is 25.3. The lowest BCUT2D eigenvalue weighted by Crippen LogP contribution is -2.35. The van der Waals surface area contributed by atoms with Crippen LogP contribution in [0.4, 0.5) is 0 Å². The summed E-state index contributed by atoms with van der Waals surface area (Å²) < 4.78 is 18.0. The van der Waals surface area contributed by atoms with E-state index in [1.807, 2.05) is 30.3 Å². The molecule has 1 amide bonds. The minimum Gasteiger partial charge on any atom is -0.382 e. The number of hydrogen-bond acceptors (Lipinski definition) is 6. The minimum absolute atomic E-state index is 0.0744. The van der Waals surface area contributed by atoms with Gasteiger partial charge in [-0.2, -0.15) is 0 Å². The number of fused-ring (bicyclic) bond motifs is 1. The lowest BCUT2D eigenvalue weighted by Gasteiger charge is -2.26. The van der Waals surface area contributed by atoms with Crippen LogP contribution in [0.25, 0.3) is 10.9 Å². The number of morpholine rings is 1. The number of ether oxygens (including phenoxy) is 3. The Morgan fingerprint density at radius 2 is 1.83 bits per heavy atom. The average molecular weight is 500 g/mol. The van der Waals surface area contributed by atoms with Gasteiger partial charge in [-0.15, -0.1) is 0 Å². The first-order valence-electron chi connectivity index (χ1n) is 11.6. The third-order valence-corrected chi connectivity index (χ3v) is 6.18. The summed E-state index contributed by atoms with van der Waals surface area (Å²) in [4.78, 5) is 28.8. The Labute approximate surface area is 209 Å². The van der Waals surface area contributed by atoms with Crippen LogP contribution in [0.1, 0.15) is 21.5 Å². The molecule has 1 saturated heterocycles. The molecule has 1 aromatic heterocycles. The fourth-order valence-electron chi connectivity index (χ4n) is 4.01. The fraction of sp³-hybridized carbons (Fsp3) is 0.385. The van der Waals surface area contributed by atoms with Gasteiger partial charge in [-0.1, -0.05) is 29.8 Å². The van der Waals surface area contributed by atoms with Crippen LogP contribution in [0.15, 0.2) is 53.5 Å². The van der Waals surface area contributed by atoms with Crippen molar-refractivity contribution in [1.82, 2.24) is 14.8 Å². The lowest BCUT2D eigenvalue weighted by atomic mass is 10.1. The van der Waals surface area contributed by atoms with Crippen molar-refractivity contribution in [1.29, 1.82) is 0 Å². The van der Waals surface area contributed by atoms with Gasteiger partial charge in [-0.3, -0.25) is 14.5 Å². The first-order valence-corrected chi connectivity index (χ1v) is 12.0. The zero-order chi connectivity index (χ0) is 24.6. The summed E-state index contributed by atoms with van der Waals surface area (Å²) in [5.41, 5.74) is 2.39. The highest BCUT2D eigenvalue weighted by molar-refractivity contribution is 6.30. The molecule has 1 aliphatic rings. The average Bonchev–Trinajstić information content (AvgIpc) is 2.88. The summed E-state index contributed by atoms with van der Waals surface area (Å²) in [5, 5.41) is 3.96. The van der Waals surface area contributed by atoms with Gasteiger partial charge >= 0.3 is 0 Å². The van der Waals surface area contributed by atoms with Gasteiger partial charge in [0.2, 0.25) is 5.43 Å². The lowest BCUT2D eigenvalue weighted by molar-refractivity contribution is 0.0341. The molecule has 186 valence electrons. The second-order valence-electron chi connectivity index (χ2n) is 8.42. The van der Waals surface area contributed by atoms with Crippen LogP contribution in [0.3, 0.4) is 0 Å². The van der Waals surface area contributed by atoms with Crippen molar-refractivity contribution < 1.29 is 19.0 Å². The topological polar surface area (TPSA) is 82.0 Å².